The summed E-state index contributed by atoms with van der Waals surface area (Å²) < 4.78 is 2.69. The minimum absolute atomic E-state index is 1.25. The van der Waals surface area contributed by atoms with Crippen molar-refractivity contribution in [3.05, 3.63) is 121 Å². The van der Waals surface area contributed by atoms with Gasteiger partial charge < -0.3 is 0 Å². The minimum atomic E-state index is 1.25. The Bertz CT molecular complexity index is 1820. The van der Waals surface area contributed by atoms with Gasteiger partial charge in [-0.25, -0.2) is 0 Å². The Labute approximate surface area is 196 Å². The molecular formula is C32H20S. The first-order valence-corrected chi connectivity index (χ1v) is 12.1. The van der Waals surface area contributed by atoms with Gasteiger partial charge >= 0.3 is 0 Å². The maximum atomic E-state index is 2.34. The third kappa shape index (κ3) is 2.97. The van der Waals surface area contributed by atoms with E-state index in [1.54, 1.807) is 0 Å². The molecule has 1 aromatic heterocycles. The summed E-state index contributed by atoms with van der Waals surface area (Å²) in [4.78, 5) is 0. The van der Waals surface area contributed by atoms with Crippen LogP contribution in [0, 0.1) is 0 Å². The number of fused-ring (bicyclic) bond motifs is 6. The zero-order valence-corrected chi connectivity index (χ0v) is 18.8. The summed E-state index contributed by atoms with van der Waals surface area (Å²) in [7, 11) is 0. The molecule has 0 bridgehead atoms. The molecule has 7 rings (SSSR count). The molecule has 0 saturated carbocycles. The highest BCUT2D eigenvalue weighted by atomic mass is 32.1. The highest BCUT2D eigenvalue weighted by molar-refractivity contribution is 7.25. The summed E-state index contributed by atoms with van der Waals surface area (Å²) in [5, 5.41) is 7.89. The smallest absolute Gasteiger partial charge is 0.0361 e. The second-order valence-corrected chi connectivity index (χ2v) is 9.66. The topological polar surface area (TPSA) is 0 Å². The fourth-order valence-corrected chi connectivity index (χ4v) is 6.21. The van der Waals surface area contributed by atoms with Gasteiger partial charge in [0.2, 0.25) is 0 Å². The third-order valence-electron chi connectivity index (χ3n) is 6.65. The quantitative estimate of drug-likeness (QED) is 0.237. The molecule has 0 atom stereocenters. The Balaban J connectivity index is 1.42. The van der Waals surface area contributed by atoms with Crippen LogP contribution in [0.3, 0.4) is 0 Å². The van der Waals surface area contributed by atoms with Crippen LogP contribution in [-0.2, 0) is 0 Å². The summed E-state index contributed by atoms with van der Waals surface area (Å²) in [6.45, 7) is 0. The van der Waals surface area contributed by atoms with Crippen LogP contribution in [0.5, 0.6) is 0 Å². The first-order chi connectivity index (χ1) is 16.3. The van der Waals surface area contributed by atoms with Crippen molar-refractivity contribution in [1.29, 1.82) is 0 Å². The van der Waals surface area contributed by atoms with Gasteiger partial charge in [0.1, 0.15) is 0 Å². The van der Waals surface area contributed by atoms with Gasteiger partial charge in [0.05, 0.1) is 0 Å². The number of benzene rings is 6. The fourth-order valence-electron chi connectivity index (χ4n) is 5.06. The molecule has 0 nitrogen and oxygen atoms in total. The molecule has 1 heterocycles. The Morgan fingerprint density at radius 1 is 0.364 bits per heavy atom. The van der Waals surface area contributed by atoms with Crippen molar-refractivity contribution < 1.29 is 0 Å². The summed E-state index contributed by atoms with van der Waals surface area (Å²) in [6.07, 6.45) is 0. The number of rotatable bonds is 2. The Morgan fingerprint density at radius 2 is 1.03 bits per heavy atom. The average Bonchev–Trinajstić information content (AvgIpc) is 3.26. The van der Waals surface area contributed by atoms with Crippen LogP contribution in [0.4, 0.5) is 0 Å². The molecule has 0 aliphatic rings. The van der Waals surface area contributed by atoms with E-state index in [1.165, 1.54) is 64.0 Å². The molecule has 0 spiro atoms. The predicted octanol–water partition coefficient (Wildman–Crippen LogP) is 9.69. The standard InChI is InChI=1S/C32H20S/c1-2-11-25-24(8-1)19-30(27-13-4-3-12-26(25)27)23-10-7-9-21(18-23)22-16-17-29-28-14-5-6-15-31(28)33-32(29)20-22/h1-20H. The number of hydrogen-bond acceptors (Lipinski definition) is 1. The van der Waals surface area contributed by atoms with E-state index >= 15 is 0 Å². The molecular weight excluding hydrogens is 416 g/mol. The number of thiophene rings is 1. The second kappa shape index (κ2) is 7.30. The van der Waals surface area contributed by atoms with Crippen molar-refractivity contribution in [2.24, 2.45) is 0 Å². The van der Waals surface area contributed by atoms with Crippen LogP contribution in [0.15, 0.2) is 121 Å². The molecule has 0 radical (unpaired) electrons. The molecule has 0 aliphatic carbocycles. The molecule has 7 aromatic rings. The maximum absolute atomic E-state index is 2.34. The molecule has 6 aromatic carbocycles. The summed E-state index contributed by atoms with van der Waals surface area (Å²) in [6, 6.07) is 44.3. The van der Waals surface area contributed by atoms with E-state index in [-0.39, 0.29) is 0 Å². The van der Waals surface area contributed by atoms with Crippen LogP contribution < -0.4 is 0 Å². The average molecular weight is 437 g/mol. The lowest BCUT2D eigenvalue weighted by Crippen LogP contribution is -1.86. The third-order valence-corrected chi connectivity index (χ3v) is 7.79. The Hall–Kier alpha value is -3.94. The van der Waals surface area contributed by atoms with Gasteiger partial charge in [0.25, 0.3) is 0 Å². The van der Waals surface area contributed by atoms with E-state index in [9.17, 15) is 0 Å². The van der Waals surface area contributed by atoms with Gasteiger partial charge in [-0.3, -0.25) is 0 Å². The molecule has 33 heavy (non-hydrogen) atoms. The van der Waals surface area contributed by atoms with Gasteiger partial charge in [0.15, 0.2) is 0 Å². The van der Waals surface area contributed by atoms with Crippen molar-refractivity contribution in [1.82, 2.24) is 0 Å². The van der Waals surface area contributed by atoms with Crippen molar-refractivity contribution in [2.45, 2.75) is 0 Å². The van der Waals surface area contributed by atoms with E-state index < -0.39 is 0 Å². The largest absolute Gasteiger partial charge is 0.135 e. The zero-order valence-electron chi connectivity index (χ0n) is 18.0. The summed E-state index contributed by atoms with van der Waals surface area (Å²) in [5.74, 6) is 0. The van der Waals surface area contributed by atoms with Gasteiger partial charge in [-0.15, -0.1) is 11.3 Å². The molecule has 0 unspecified atom stereocenters. The Kier molecular flexibility index (Phi) is 4.12. The first-order valence-electron chi connectivity index (χ1n) is 11.3. The van der Waals surface area contributed by atoms with Gasteiger partial charge in [-0.1, -0.05) is 97.1 Å². The normalized spacial score (nSPS) is 11.6. The van der Waals surface area contributed by atoms with Crippen molar-refractivity contribution in [2.75, 3.05) is 0 Å². The van der Waals surface area contributed by atoms with E-state index in [4.69, 9.17) is 0 Å². The van der Waals surface area contributed by atoms with E-state index in [0.29, 0.717) is 0 Å². The van der Waals surface area contributed by atoms with E-state index in [2.05, 4.69) is 121 Å². The van der Waals surface area contributed by atoms with Gasteiger partial charge in [-0.05, 0) is 68.1 Å². The lowest BCUT2D eigenvalue weighted by molar-refractivity contribution is 1.63. The fraction of sp³-hybridized carbons (Fsp3) is 0. The highest BCUT2D eigenvalue weighted by Gasteiger charge is 2.10. The maximum Gasteiger partial charge on any atom is 0.0361 e. The minimum Gasteiger partial charge on any atom is -0.135 e. The van der Waals surface area contributed by atoms with E-state index in [0.717, 1.165) is 0 Å². The number of hydrogen-bond donors (Lipinski definition) is 0. The Morgan fingerprint density at radius 3 is 1.94 bits per heavy atom. The molecule has 1 heteroatoms. The molecule has 0 saturated heterocycles. The second-order valence-electron chi connectivity index (χ2n) is 8.58. The SMILES string of the molecule is c1cc(-c2ccc3c(c2)sc2ccccc23)cc(-c2cc3ccccc3c3ccccc23)c1. The van der Waals surface area contributed by atoms with Crippen molar-refractivity contribution >= 4 is 53.1 Å². The highest BCUT2D eigenvalue weighted by Crippen LogP contribution is 2.39. The van der Waals surface area contributed by atoms with Crippen LogP contribution in [-0.4, -0.2) is 0 Å². The van der Waals surface area contributed by atoms with Crippen LogP contribution in [0.1, 0.15) is 0 Å². The summed E-state index contributed by atoms with van der Waals surface area (Å²) in [5.41, 5.74) is 5.06. The summed E-state index contributed by atoms with van der Waals surface area (Å²) >= 11 is 1.87. The lowest BCUT2D eigenvalue weighted by atomic mass is 9.92. The first kappa shape index (κ1) is 18.6. The van der Waals surface area contributed by atoms with Crippen LogP contribution in [0.25, 0.3) is 64.0 Å². The van der Waals surface area contributed by atoms with Gasteiger partial charge in [0, 0.05) is 20.2 Å². The monoisotopic (exact) mass is 436 g/mol. The van der Waals surface area contributed by atoms with Crippen molar-refractivity contribution in [3.63, 3.8) is 0 Å². The van der Waals surface area contributed by atoms with Crippen molar-refractivity contribution in [3.8, 4) is 22.3 Å². The van der Waals surface area contributed by atoms with Crippen LogP contribution in [0.2, 0.25) is 0 Å². The van der Waals surface area contributed by atoms with E-state index in [1.807, 2.05) is 11.3 Å². The molecule has 0 fully saturated rings. The predicted molar refractivity (Wildman–Crippen MR) is 145 cm³/mol. The lowest BCUT2D eigenvalue weighted by Gasteiger charge is -2.12. The van der Waals surface area contributed by atoms with Crippen LogP contribution >= 0.6 is 11.3 Å². The zero-order chi connectivity index (χ0) is 21.8. The van der Waals surface area contributed by atoms with Gasteiger partial charge in [-0.2, -0.15) is 0 Å². The molecule has 154 valence electrons. The molecule has 0 N–H and O–H groups in total. The molecule has 0 amide bonds. The molecule has 0 aliphatic heterocycles.